The van der Waals surface area contributed by atoms with Gasteiger partial charge in [-0.25, -0.2) is 0 Å². The van der Waals surface area contributed by atoms with Crippen LogP contribution >= 0.6 is 0 Å². The third kappa shape index (κ3) is 8.09. The molecular weight excluding hydrogens is 508 g/mol. The van der Waals surface area contributed by atoms with E-state index in [-0.39, 0.29) is 37.7 Å². The SMILES string of the molecule is [O-]c1ccccc1.[O-]c1ccccc1.[Zr+4].c1ccc2[cH-]c(CCc3cc4ccccc4[cH-]3)cc2c1. The first-order valence-electron chi connectivity index (χ1n) is 11.4. The van der Waals surface area contributed by atoms with E-state index in [9.17, 15) is 10.2 Å². The number of aryl methyl sites for hydroxylation is 2. The van der Waals surface area contributed by atoms with Gasteiger partial charge in [0.25, 0.3) is 0 Å². The van der Waals surface area contributed by atoms with Crippen molar-refractivity contribution < 1.29 is 36.4 Å². The van der Waals surface area contributed by atoms with Gasteiger partial charge in [-0.3, -0.25) is 0 Å². The Hall–Kier alpha value is -3.42. The van der Waals surface area contributed by atoms with Crippen molar-refractivity contribution in [1.82, 2.24) is 0 Å². The Bertz CT molecular complexity index is 1240. The molecule has 0 saturated heterocycles. The summed E-state index contributed by atoms with van der Waals surface area (Å²) in [7, 11) is 0. The van der Waals surface area contributed by atoms with Crippen molar-refractivity contribution in [3.05, 3.63) is 145 Å². The zero-order chi connectivity index (χ0) is 23.6. The molecular formula is C32H26O2Zr. The Labute approximate surface area is 226 Å². The second kappa shape index (κ2) is 13.5. The van der Waals surface area contributed by atoms with E-state index in [2.05, 4.69) is 72.8 Å². The van der Waals surface area contributed by atoms with Gasteiger partial charge >= 0.3 is 26.2 Å². The molecule has 0 unspecified atom stereocenters. The summed E-state index contributed by atoms with van der Waals surface area (Å²) in [4.78, 5) is 0. The predicted octanol–water partition coefficient (Wildman–Crippen LogP) is 6.73. The molecule has 0 saturated carbocycles. The van der Waals surface area contributed by atoms with Crippen molar-refractivity contribution in [3.63, 3.8) is 0 Å². The summed E-state index contributed by atoms with van der Waals surface area (Å²) in [6, 6.07) is 43.1. The zero-order valence-corrected chi connectivity index (χ0v) is 21.9. The third-order valence-corrected chi connectivity index (χ3v) is 5.54. The van der Waals surface area contributed by atoms with Gasteiger partial charge in [0.15, 0.2) is 0 Å². The average Bonchev–Trinajstić information content (AvgIpc) is 3.48. The van der Waals surface area contributed by atoms with Crippen molar-refractivity contribution in [1.29, 1.82) is 0 Å². The van der Waals surface area contributed by atoms with Crippen molar-refractivity contribution in [2.24, 2.45) is 0 Å². The largest absolute Gasteiger partial charge is 4.00 e. The second-order valence-electron chi connectivity index (χ2n) is 8.11. The maximum absolute atomic E-state index is 10.3. The smallest absolute Gasteiger partial charge is 0.872 e. The summed E-state index contributed by atoms with van der Waals surface area (Å²) in [5, 5.41) is 26.0. The standard InChI is InChI=1S/C20H16.2C6H6O.Zr/c1-2-6-18-12-15(11-17(18)5-1)9-10-16-13-19-7-3-4-8-20(19)14-16;2*7-6-4-2-1-3-5-6;/h1-8,11-14H,9-10H2;2*1-5,7H;/q-2;;;+4/p-2. The Balaban J connectivity index is 0.000000188. The van der Waals surface area contributed by atoms with Crippen LogP contribution in [-0.2, 0) is 39.0 Å². The molecule has 35 heavy (non-hydrogen) atoms. The van der Waals surface area contributed by atoms with E-state index in [0.29, 0.717) is 0 Å². The zero-order valence-electron chi connectivity index (χ0n) is 19.4. The normalized spacial score (nSPS) is 9.94. The summed E-state index contributed by atoms with van der Waals surface area (Å²) < 4.78 is 0. The van der Waals surface area contributed by atoms with Gasteiger partial charge in [0, 0.05) is 0 Å². The van der Waals surface area contributed by atoms with Crippen LogP contribution in [0.2, 0.25) is 0 Å². The molecule has 6 aromatic rings. The molecule has 6 rings (SSSR count). The van der Waals surface area contributed by atoms with Gasteiger partial charge in [0.2, 0.25) is 0 Å². The molecule has 0 radical (unpaired) electrons. The topological polar surface area (TPSA) is 46.1 Å². The molecule has 0 aliphatic heterocycles. The fourth-order valence-corrected chi connectivity index (χ4v) is 3.85. The molecule has 2 nitrogen and oxygen atoms in total. The van der Waals surface area contributed by atoms with E-state index in [1.54, 1.807) is 24.3 Å². The van der Waals surface area contributed by atoms with Crippen LogP contribution in [0.15, 0.2) is 133 Å². The molecule has 0 aromatic heterocycles. The van der Waals surface area contributed by atoms with Gasteiger partial charge in [0.05, 0.1) is 0 Å². The van der Waals surface area contributed by atoms with Gasteiger partial charge < -0.3 is 10.2 Å². The monoisotopic (exact) mass is 532 g/mol. The fraction of sp³-hybridized carbons (Fsp3) is 0.0625. The van der Waals surface area contributed by atoms with Crippen molar-refractivity contribution in [2.75, 3.05) is 0 Å². The fourth-order valence-electron chi connectivity index (χ4n) is 3.85. The number of hydrogen-bond donors (Lipinski definition) is 0. The maximum Gasteiger partial charge on any atom is 4.00 e. The van der Waals surface area contributed by atoms with Gasteiger partial charge in [-0.1, -0.05) is 72.8 Å². The van der Waals surface area contributed by atoms with Crippen LogP contribution < -0.4 is 10.2 Å². The molecule has 0 spiro atoms. The number of para-hydroxylation sites is 2. The minimum atomic E-state index is 0. The summed E-state index contributed by atoms with van der Waals surface area (Å²) in [5.41, 5.74) is 2.88. The molecule has 0 heterocycles. The van der Waals surface area contributed by atoms with Gasteiger partial charge in [-0.15, -0.1) is 92.7 Å². The minimum absolute atomic E-state index is 0. The van der Waals surface area contributed by atoms with E-state index in [1.807, 2.05) is 12.1 Å². The van der Waals surface area contributed by atoms with E-state index < -0.39 is 0 Å². The number of rotatable bonds is 3. The van der Waals surface area contributed by atoms with Crippen LogP contribution in [0.1, 0.15) is 11.1 Å². The molecule has 170 valence electrons. The summed E-state index contributed by atoms with van der Waals surface area (Å²) in [5.74, 6) is 0.144. The summed E-state index contributed by atoms with van der Waals surface area (Å²) in [6.07, 6.45) is 2.23. The van der Waals surface area contributed by atoms with Gasteiger partial charge in [0.1, 0.15) is 0 Å². The molecule has 0 bridgehead atoms. The Morgan fingerprint density at radius 1 is 0.457 bits per heavy atom. The first kappa shape index (κ1) is 26.2. The molecule has 0 aliphatic carbocycles. The third-order valence-electron chi connectivity index (χ3n) is 5.54. The number of fused-ring (bicyclic) bond motifs is 2. The molecule has 0 N–H and O–H groups in total. The average molecular weight is 534 g/mol. The minimum Gasteiger partial charge on any atom is -0.872 e. The summed E-state index contributed by atoms with van der Waals surface area (Å²) in [6.45, 7) is 0. The van der Waals surface area contributed by atoms with E-state index in [4.69, 9.17) is 0 Å². The first-order valence-corrected chi connectivity index (χ1v) is 11.4. The van der Waals surface area contributed by atoms with E-state index in [1.165, 1.54) is 56.9 Å². The molecule has 6 aromatic carbocycles. The van der Waals surface area contributed by atoms with Crippen molar-refractivity contribution in [3.8, 4) is 11.5 Å². The molecule has 0 atom stereocenters. The van der Waals surface area contributed by atoms with Crippen molar-refractivity contribution in [2.45, 2.75) is 12.8 Å². The van der Waals surface area contributed by atoms with Crippen LogP contribution in [0.25, 0.3) is 21.5 Å². The van der Waals surface area contributed by atoms with Crippen LogP contribution in [0, 0.1) is 0 Å². The Kier molecular flexibility index (Phi) is 10.1. The van der Waals surface area contributed by atoms with Crippen LogP contribution in [-0.4, -0.2) is 0 Å². The molecule has 0 amide bonds. The van der Waals surface area contributed by atoms with E-state index in [0.717, 1.165) is 12.8 Å². The summed E-state index contributed by atoms with van der Waals surface area (Å²) >= 11 is 0. The van der Waals surface area contributed by atoms with E-state index >= 15 is 0 Å². The van der Waals surface area contributed by atoms with Gasteiger partial charge in [-0.2, -0.15) is 12.1 Å². The predicted molar refractivity (Wildman–Crippen MR) is 138 cm³/mol. The Morgan fingerprint density at radius 3 is 1.11 bits per heavy atom. The molecule has 0 aliphatic rings. The second-order valence-corrected chi connectivity index (χ2v) is 8.11. The molecule has 3 heteroatoms. The quantitative estimate of drug-likeness (QED) is 0.237. The first-order chi connectivity index (χ1) is 16.7. The number of hydrogen-bond acceptors (Lipinski definition) is 2. The van der Waals surface area contributed by atoms with Crippen LogP contribution in [0.5, 0.6) is 11.5 Å². The van der Waals surface area contributed by atoms with Crippen LogP contribution in [0.4, 0.5) is 0 Å². The molecule has 0 fully saturated rings. The number of benzene rings is 4. The Morgan fingerprint density at radius 2 is 0.800 bits per heavy atom. The van der Waals surface area contributed by atoms with Gasteiger partial charge in [-0.05, 0) is 12.8 Å². The maximum atomic E-state index is 10.3. The van der Waals surface area contributed by atoms with Crippen molar-refractivity contribution >= 4 is 21.5 Å². The van der Waals surface area contributed by atoms with Crippen LogP contribution in [0.3, 0.4) is 0 Å².